The Kier molecular flexibility index (Phi) is 4.42. The summed E-state index contributed by atoms with van der Waals surface area (Å²) < 4.78 is 25.7. The van der Waals surface area contributed by atoms with Gasteiger partial charge in [0.1, 0.15) is 0 Å². The molecule has 0 spiro atoms. The minimum absolute atomic E-state index is 0.0819. The van der Waals surface area contributed by atoms with Gasteiger partial charge < -0.3 is 10.6 Å². The van der Waals surface area contributed by atoms with E-state index in [-0.39, 0.29) is 22.6 Å². The Bertz CT molecular complexity index is 601. The Morgan fingerprint density at radius 2 is 2.10 bits per heavy atom. The van der Waals surface area contributed by atoms with E-state index in [1.54, 1.807) is 12.1 Å². The maximum atomic E-state index is 12.1. The van der Waals surface area contributed by atoms with Crippen molar-refractivity contribution in [3.8, 4) is 0 Å². The largest absolute Gasteiger partial charge is 0.326 e. The Hall–Kier alpha value is -1.44. The quantitative estimate of drug-likeness (QED) is 0.750. The van der Waals surface area contributed by atoms with Crippen molar-refractivity contribution in [1.82, 2.24) is 10.0 Å². The van der Waals surface area contributed by atoms with E-state index in [2.05, 4.69) is 15.4 Å². The van der Waals surface area contributed by atoms with Crippen LogP contribution in [0.5, 0.6) is 0 Å². The van der Waals surface area contributed by atoms with Gasteiger partial charge in [0, 0.05) is 12.2 Å². The first-order valence-corrected chi connectivity index (χ1v) is 7.97. The number of anilines is 1. The third-order valence-corrected chi connectivity index (χ3v) is 4.95. The number of nitrogens with one attached hydrogen (secondary N) is 3. The van der Waals surface area contributed by atoms with E-state index >= 15 is 0 Å². The molecule has 20 heavy (non-hydrogen) atoms. The summed E-state index contributed by atoms with van der Waals surface area (Å²) in [5, 5.41) is 5.95. The molecule has 0 aliphatic carbocycles. The molecule has 1 heterocycles. The molecule has 1 fully saturated rings. The molecular formula is C13H19N3O3S. The van der Waals surface area contributed by atoms with Crippen LogP contribution in [-0.2, 0) is 14.8 Å². The van der Waals surface area contributed by atoms with Crippen molar-refractivity contribution in [1.29, 1.82) is 0 Å². The number of carbonyl (C=O) groups excluding carboxylic acids is 1. The van der Waals surface area contributed by atoms with Gasteiger partial charge in [-0.2, -0.15) is 0 Å². The number of carbonyl (C=O) groups is 1. The van der Waals surface area contributed by atoms with Crippen LogP contribution in [0, 0.1) is 11.8 Å². The number of hydrogen-bond acceptors (Lipinski definition) is 4. The fraction of sp³-hybridized carbons (Fsp3) is 0.462. The summed E-state index contributed by atoms with van der Waals surface area (Å²) >= 11 is 0. The molecule has 2 atom stereocenters. The molecule has 1 aliphatic rings. The van der Waals surface area contributed by atoms with E-state index in [0.717, 1.165) is 6.54 Å². The second-order valence-corrected chi connectivity index (χ2v) is 6.85. The van der Waals surface area contributed by atoms with Crippen LogP contribution in [0.25, 0.3) is 0 Å². The van der Waals surface area contributed by atoms with Gasteiger partial charge in [-0.3, -0.25) is 4.79 Å². The lowest BCUT2D eigenvalue weighted by molar-refractivity contribution is -0.120. The van der Waals surface area contributed by atoms with Gasteiger partial charge in [0.05, 0.1) is 10.8 Å². The summed E-state index contributed by atoms with van der Waals surface area (Å²) in [4.78, 5) is 12.3. The third-order valence-electron chi connectivity index (χ3n) is 3.53. The summed E-state index contributed by atoms with van der Waals surface area (Å²) in [7, 11) is -2.15. The van der Waals surface area contributed by atoms with Crippen LogP contribution >= 0.6 is 0 Å². The van der Waals surface area contributed by atoms with E-state index in [9.17, 15) is 13.2 Å². The first kappa shape index (κ1) is 15.0. The normalized spacial score (nSPS) is 22.7. The highest BCUT2D eigenvalue weighted by Crippen LogP contribution is 2.20. The minimum atomic E-state index is -3.50. The highest BCUT2D eigenvalue weighted by atomic mass is 32.2. The molecule has 1 aromatic carbocycles. The zero-order chi connectivity index (χ0) is 14.8. The summed E-state index contributed by atoms with van der Waals surface area (Å²) in [6, 6.07) is 6.23. The van der Waals surface area contributed by atoms with Gasteiger partial charge in [-0.25, -0.2) is 13.1 Å². The molecule has 1 aliphatic heterocycles. The predicted molar refractivity (Wildman–Crippen MR) is 76.8 cm³/mol. The summed E-state index contributed by atoms with van der Waals surface area (Å²) in [6.45, 7) is 3.50. The first-order chi connectivity index (χ1) is 9.44. The maximum Gasteiger partial charge on any atom is 0.240 e. The highest BCUT2D eigenvalue weighted by molar-refractivity contribution is 7.89. The standard InChI is InChI=1S/C13H19N3O3S/c1-9-7-15-8-12(9)13(17)16-10-4-3-5-11(6-10)20(18,19)14-2/h3-6,9,12,14-15H,7-8H2,1-2H3,(H,16,17). The molecule has 1 saturated heterocycles. The Balaban J connectivity index is 2.14. The molecule has 110 valence electrons. The zero-order valence-corrected chi connectivity index (χ0v) is 12.3. The lowest BCUT2D eigenvalue weighted by Crippen LogP contribution is -2.28. The number of benzene rings is 1. The Morgan fingerprint density at radius 1 is 1.35 bits per heavy atom. The van der Waals surface area contributed by atoms with E-state index in [1.165, 1.54) is 19.2 Å². The number of rotatable bonds is 4. The van der Waals surface area contributed by atoms with Crippen molar-refractivity contribution in [2.24, 2.45) is 11.8 Å². The zero-order valence-electron chi connectivity index (χ0n) is 11.5. The topological polar surface area (TPSA) is 87.3 Å². The van der Waals surface area contributed by atoms with Gasteiger partial charge in [-0.05, 0) is 37.7 Å². The van der Waals surface area contributed by atoms with Gasteiger partial charge in [0.15, 0.2) is 0 Å². The van der Waals surface area contributed by atoms with E-state index in [1.807, 2.05) is 6.92 Å². The third kappa shape index (κ3) is 3.17. The second kappa shape index (κ2) is 5.90. The molecule has 0 saturated carbocycles. The predicted octanol–water partition coefficient (Wildman–Crippen LogP) is 0.389. The second-order valence-electron chi connectivity index (χ2n) is 4.97. The summed E-state index contributed by atoms with van der Waals surface area (Å²) in [5.41, 5.74) is 0.491. The molecule has 6 nitrogen and oxygen atoms in total. The fourth-order valence-electron chi connectivity index (χ4n) is 2.25. The fourth-order valence-corrected chi connectivity index (χ4v) is 3.03. The SMILES string of the molecule is CNS(=O)(=O)c1cccc(NC(=O)C2CNCC2C)c1. The average Bonchev–Trinajstić information content (AvgIpc) is 2.85. The van der Waals surface area contributed by atoms with Crippen molar-refractivity contribution >= 4 is 21.6 Å². The van der Waals surface area contributed by atoms with Crippen molar-refractivity contribution in [3.63, 3.8) is 0 Å². The van der Waals surface area contributed by atoms with E-state index in [0.29, 0.717) is 12.2 Å². The lowest BCUT2D eigenvalue weighted by atomic mass is 9.97. The number of hydrogen-bond donors (Lipinski definition) is 3. The molecule has 0 aromatic heterocycles. The van der Waals surface area contributed by atoms with E-state index in [4.69, 9.17) is 0 Å². The average molecular weight is 297 g/mol. The van der Waals surface area contributed by atoms with Crippen LogP contribution in [0.15, 0.2) is 29.2 Å². The van der Waals surface area contributed by atoms with Gasteiger partial charge in [-0.1, -0.05) is 13.0 Å². The lowest BCUT2D eigenvalue weighted by Gasteiger charge is -2.14. The van der Waals surface area contributed by atoms with Crippen LogP contribution < -0.4 is 15.4 Å². The molecule has 1 aromatic rings. The Morgan fingerprint density at radius 3 is 2.70 bits per heavy atom. The Labute approximate surface area is 119 Å². The number of amides is 1. The molecule has 2 rings (SSSR count). The first-order valence-electron chi connectivity index (χ1n) is 6.49. The van der Waals surface area contributed by atoms with E-state index < -0.39 is 10.0 Å². The molecule has 1 amide bonds. The minimum Gasteiger partial charge on any atom is -0.326 e. The summed E-state index contributed by atoms with van der Waals surface area (Å²) in [6.07, 6.45) is 0. The van der Waals surface area contributed by atoms with Crippen molar-refractivity contribution in [2.45, 2.75) is 11.8 Å². The summed E-state index contributed by atoms with van der Waals surface area (Å²) in [5.74, 6) is 0.111. The molecule has 7 heteroatoms. The monoisotopic (exact) mass is 297 g/mol. The van der Waals surface area contributed by atoms with Crippen LogP contribution in [0.4, 0.5) is 5.69 Å². The molecule has 0 radical (unpaired) electrons. The smallest absolute Gasteiger partial charge is 0.240 e. The molecular weight excluding hydrogens is 278 g/mol. The van der Waals surface area contributed by atoms with Gasteiger partial charge in [0.25, 0.3) is 0 Å². The van der Waals surface area contributed by atoms with Gasteiger partial charge in [0.2, 0.25) is 15.9 Å². The van der Waals surface area contributed by atoms with Gasteiger partial charge in [-0.15, -0.1) is 0 Å². The van der Waals surface area contributed by atoms with Crippen LogP contribution in [0.2, 0.25) is 0 Å². The number of sulfonamides is 1. The molecule has 2 unspecified atom stereocenters. The maximum absolute atomic E-state index is 12.1. The molecule has 3 N–H and O–H groups in total. The van der Waals surface area contributed by atoms with Crippen LogP contribution in [0.1, 0.15) is 6.92 Å². The van der Waals surface area contributed by atoms with Crippen LogP contribution in [-0.4, -0.2) is 34.5 Å². The van der Waals surface area contributed by atoms with Gasteiger partial charge >= 0.3 is 0 Å². The molecule has 0 bridgehead atoms. The van der Waals surface area contributed by atoms with Crippen LogP contribution in [0.3, 0.4) is 0 Å². The van der Waals surface area contributed by atoms with Crippen molar-refractivity contribution in [3.05, 3.63) is 24.3 Å². The highest BCUT2D eigenvalue weighted by Gasteiger charge is 2.29. The van der Waals surface area contributed by atoms with Crippen molar-refractivity contribution in [2.75, 3.05) is 25.5 Å². The van der Waals surface area contributed by atoms with Crippen molar-refractivity contribution < 1.29 is 13.2 Å².